The summed E-state index contributed by atoms with van der Waals surface area (Å²) in [5.41, 5.74) is 0.735. The highest BCUT2D eigenvalue weighted by molar-refractivity contribution is 8.13. The van der Waals surface area contributed by atoms with E-state index < -0.39 is 9.05 Å². The largest absolute Gasteiger partial charge is 0.506 e. The SMILES string of the molecule is O=S(=O)(Cl)c1cc(O)c2nc[nH]c2c1. The Morgan fingerprint density at radius 1 is 1.43 bits per heavy atom. The summed E-state index contributed by atoms with van der Waals surface area (Å²) in [6.07, 6.45) is 1.36. The fourth-order valence-corrected chi connectivity index (χ4v) is 1.92. The van der Waals surface area contributed by atoms with E-state index in [0.717, 1.165) is 6.07 Å². The Labute approximate surface area is 83.8 Å². The highest BCUT2D eigenvalue weighted by Crippen LogP contribution is 2.27. The number of phenols is 1. The third-order valence-electron chi connectivity index (χ3n) is 1.76. The van der Waals surface area contributed by atoms with E-state index >= 15 is 0 Å². The number of benzene rings is 1. The first kappa shape index (κ1) is 9.29. The monoisotopic (exact) mass is 232 g/mol. The average Bonchev–Trinajstić information content (AvgIpc) is 2.50. The van der Waals surface area contributed by atoms with Crippen molar-refractivity contribution in [1.29, 1.82) is 0 Å². The Balaban J connectivity index is 2.83. The topological polar surface area (TPSA) is 83.1 Å². The zero-order valence-electron chi connectivity index (χ0n) is 6.73. The number of nitrogens with one attached hydrogen (secondary N) is 1. The molecule has 0 atom stereocenters. The average molecular weight is 233 g/mol. The summed E-state index contributed by atoms with van der Waals surface area (Å²) in [6, 6.07) is 2.37. The van der Waals surface area contributed by atoms with Gasteiger partial charge >= 0.3 is 0 Å². The number of aromatic amines is 1. The van der Waals surface area contributed by atoms with Crippen LogP contribution in [0.25, 0.3) is 11.0 Å². The molecule has 2 N–H and O–H groups in total. The first-order valence-corrected chi connectivity index (χ1v) is 5.90. The second kappa shape index (κ2) is 2.86. The second-order valence-electron chi connectivity index (χ2n) is 2.68. The molecule has 1 aromatic carbocycles. The van der Waals surface area contributed by atoms with Crippen LogP contribution in [0.3, 0.4) is 0 Å². The van der Waals surface area contributed by atoms with E-state index in [1.807, 2.05) is 0 Å². The highest BCUT2D eigenvalue weighted by atomic mass is 35.7. The van der Waals surface area contributed by atoms with Crippen molar-refractivity contribution in [1.82, 2.24) is 9.97 Å². The minimum Gasteiger partial charge on any atom is -0.506 e. The van der Waals surface area contributed by atoms with Crippen LogP contribution in [0.4, 0.5) is 0 Å². The fraction of sp³-hybridized carbons (Fsp3) is 0. The molecule has 0 fully saturated rings. The molecule has 0 amide bonds. The van der Waals surface area contributed by atoms with E-state index in [1.54, 1.807) is 0 Å². The molecule has 0 spiro atoms. The van der Waals surface area contributed by atoms with Crippen LogP contribution in [-0.4, -0.2) is 23.5 Å². The lowest BCUT2D eigenvalue weighted by molar-refractivity contribution is 0.478. The summed E-state index contributed by atoms with van der Waals surface area (Å²) in [4.78, 5) is 6.32. The number of aromatic hydroxyl groups is 1. The van der Waals surface area contributed by atoms with Crippen molar-refractivity contribution in [3.8, 4) is 5.75 Å². The first-order valence-electron chi connectivity index (χ1n) is 3.59. The third-order valence-corrected chi connectivity index (χ3v) is 3.09. The Morgan fingerprint density at radius 2 is 2.14 bits per heavy atom. The predicted octanol–water partition coefficient (Wildman–Crippen LogP) is 1.20. The maximum absolute atomic E-state index is 11.0. The molecule has 74 valence electrons. The Bertz CT molecular complexity index is 590. The number of aromatic nitrogens is 2. The molecule has 1 heterocycles. The molecule has 2 aromatic rings. The smallest absolute Gasteiger partial charge is 0.261 e. The molecule has 2 rings (SSSR count). The van der Waals surface area contributed by atoms with Gasteiger partial charge < -0.3 is 10.1 Å². The van der Waals surface area contributed by atoms with E-state index in [4.69, 9.17) is 10.7 Å². The number of nitrogens with zero attached hydrogens (tertiary/aromatic N) is 1. The van der Waals surface area contributed by atoms with Gasteiger partial charge in [0.15, 0.2) is 0 Å². The quantitative estimate of drug-likeness (QED) is 0.724. The zero-order chi connectivity index (χ0) is 10.3. The van der Waals surface area contributed by atoms with Crippen molar-refractivity contribution in [2.75, 3.05) is 0 Å². The molecule has 7 heteroatoms. The Hall–Kier alpha value is -1.27. The molecule has 14 heavy (non-hydrogen) atoms. The molecule has 0 saturated carbocycles. The van der Waals surface area contributed by atoms with Gasteiger partial charge in [-0.1, -0.05) is 0 Å². The van der Waals surface area contributed by atoms with Crippen LogP contribution in [0.15, 0.2) is 23.4 Å². The van der Waals surface area contributed by atoms with E-state index in [9.17, 15) is 13.5 Å². The molecular formula is C7H5ClN2O3S. The normalized spacial score (nSPS) is 12.1. The highest BCUT2D eigenvalue weighted by Gasteiger charge is 2.14. The van der Waals surface area contributed by atoms with Gasteiger partial charge in [-0.15, -0.1) is 0 Å². The summed E-state index contributed by atoms with van der Waals surface area (Å²) in [7, 11) is 1.29. The van der Waals surface area contributed by atoms with E-state index in [-0.39, 0.29) is 10.6 Å². The maximum Gasteiger partial charge on any atom is 0.261 e. The Morgan fingerprint density at radius 3 is 2.79 bits per heavy atom. The predicted molar refractivity (Wildman–Crippen MR) is 50.8 cm³/mol. The molecule has 0 unspecified atom stereocenters. The van der Waals surface area contributed by atoms with Crippen LogP contribution in [0.5, 0.6) is 5.75 Å². The van der Waals surface area contributed by atoms with Gasteiger partial charge in [-0.05, 0) is 6.07 Å². The lowest BCUT2D eigenvalue weighted by atomic mass is 10.3. The summed E-state index contributed by atoms with van der Waals surface area (Å²) < 4.78 is 21.9. The lowest BCUT2D eigenvalue weighted by Crippen LogP contribution is -1.90. The Kier molecular flexibility index (Phi) is 1.90. The van der Waals surface area contributed by atoms with Gasteiger partial charge in [0.2, 0.25) is 0 Å². The summed E-state index contributed by atoms with van der Waals surface area (Å²) in [5.74, 6) is -0.219. The molecule has 5 nitrogen and oxygen atoms in total. The standard InChI is InChI=1S/C7H5ClN2O3S/c8-14(12,13)4-1-5-7(6(11)2-4)10-3-9-5/h1-3,11H,(H,9,10). The number of fused-ring (bicyclic) bond motifs is 1. The molecular weight excluding hydrogens is 228 g/mol. The van der Waals surface area contributed by atoms with Gasteiger partial charge in [0.25, 0.3) is 9.05 Å². The van der Waals surface area contributed by atoms with Crippen molar-refractivity contribution < 1.29 is 13.5 Å². The number of imidazole rings is 1. The van der Waals surface area contributed by atoms with Gasteiger partial charge in [0.05, 0.1) is 16.7 Å². The fourth-order valence-electron chi connectivity index (χ4n) is 1.15. The number of phenolic OH excluding ortho intramolecular Hbond substituents is 1. The van der Waals surface area contributed by atoms with Crippen molar-refractivity contribution in [3.05, 3.63) is 18.5 Å². The minimum atomic E-state index is -3.83. The van der Waals surface area contributed by atoms with E-state index in [0.29, 0.717) is 11.0 Å². The molecule has 0 aliphatic rings. The van der Waals surface area contributed by atoms with Crippen molar-refractivity contribution in [2.45, 2.75) is 4.90 Å². The molecule has 1 aromatic heterocycles. The van der Waals surface area contributed by atoms with Crippen LogP contribution < -0.4 is 0 Å². The minimum absolute atomic E-state index is 0.159. The van der Waals surface area contributed by atoms with Crippen LogP contribution in [0, 0.1) is 0 Å². The molecule has 0 radical (unpaired) electrons. The van der Waals surface area contributed by atoms with Crippen LogP contribution >= 0.6 is 10.7 Å². The summed E-state index contributed by atoms with van der Waals surface area (Å²) in [5, 5.41) is 9.40. The van der Waals surface area contributed by atoms with Crippen LogP contribution in [0.1, 0.15) is 0 Å². The van der Waals surface area contributed by atoms with Gasteiger partial charge in [-0.25, -0.2) is 13.4 Å². The number of hydrogen-bond acceptors (Lipinski definition) is 4. The summed E-state index contributed by atoms with van der Waals surface area (Å²) >= 11 is 0. The van der Waals surface area contributed by atoms with Gasteiger partial charge in [-0.3, -0.25) is 0 Å². The van der Waals surface area contributed by atoms with Gasteiger partial charge in [0, 0.05) is 16.7 Å². The molecule has 0 aliphatic carbocycles. The van der Waals surface area contributed by atoms with E-state index in [1.165, 1.54) is 12.4 Å². The first-order chi connectivity index (χ1) is 6.48. The van der Waals surface area contributed by atoms with Crippen LogP contribution in [-0.2, 0) is 9.05 Å². The second-order valence-corrected chi connectivity index (χ2v) is 5.24. The summed E-state index contributed by atoms with van der Waals surface area (Å²) in [6.45, 7) is 0. The third kappa shape index (κ3) is 1.42. The van der Waals surface area contributed by atoms with Crippen molar-refractivity contribution >= 4 is 30.8 Å². The molecule has 0 bridgehead atoms. The van der Waals surface area contributed by atoms with Gasteiger partial charge in [-0.2, -0.15) is 0 Å². The molecule has 0 saturated heterocycles. The van der Waals surface area contributed by atoms with Gasteiger partial charge in [0.1, 0.15) is 11.3 Å². The van der Waals surface area contributed by atoms with Crippen molar-refractivity contribution in [3.63, 3.8) is 0 Å². The number of rotatable bonds is 1. The maximum atomic E-state index is 11.0. The zero-order valence-corrected chi connectivity index (χ0v) is 8.30. The van der Waals surface area contributed by atoms with E-state index in [2.05, 4.69) is 9.97 Å². The van der Waals surface area contributed by atoms with Crippen molar-refractivity contribution in [2.24, 2.45) is 0 Å². The number of halogens is 1. The molecule has 0 aliphatic heterocycles. The lowest BCUT2D eigenvalue weighted by Gasteiger charge is -1.98. The number of hydrogen-bond donors (Lipinski definition) is 2. The van der Waals surface area contributed by atoms with Crippen LogP contribution in [0.2, 0.25) is 0 Å². The number of H-pyrrole nitrogens is 1.